The Bertz CT molecular complexity index is 868. The summed E-state index contributed by atoms with van der Waals surface area (Å²) < 4.78 is 38.9. The molecule has 1 amide bonds. The number of benzene rings is 2. The van der Waals surface area contributed by atoms with Crippen LogP contribution in [0.4, 0.5) is 18.9 Å². The summed E-state index contributed by atoms with van der Waals surface area (Å²) in [6, 6.07) is 11.7. The zero-order valence-electron chi connectivity index (χ0n) is 14.4. The predicted molar refractivity (Wildman–Crippen MR) is 94.3 cm³/mol. The van der Waals surface area contributed by atoms with E-state index in [2.05, 4.69) is 5.32 Å². The molecule has 0 spiro atoms. The first kappa shape index (κ1) is 17.9. The largest absolute Gasteiger partial charge is 0.416 e. The Morgan fingerprint density at radius 3 is 2.67 bits per heavy atom. The SMILES string of the molecule is O=C1c2ccccc2[C@@H]2C[C@H](Nc3cccc(C(F)(F)F)c3)[C@@H](O)CCN12. The van der Waals surface area contributed by atoms with E-state index in [-0.39, 0.29) is 11.9 Å². The van der Waals surface area contributed by atoms with E-state index in [0.717, 1.165) is 17.7 Å². The molecule has 0 saturated carbocycles. The molecule has 2 aromatic carbocycles. The Morgan fingerprint density at radius 2 is 1.89 bits per heavy atom. The molecular weight excluding hydrogens is 357 g/mol. The van der Waals surface area contributed by atoms with Crippen LogP contribution in [0.2, 0.25) is 0 Å². The van der Waals surface area contributed by atoms with Crippen molar-refractivity contribution < 1.29 is 23.1 Å². The summed E-state index contributed by atoms with van der Waals surface area (Å²) in [5, 5.41) is 13.6. The van der Waals surface area contributed by atoms with Crippen LogP contribution in [0.25, 0.3) is 0 Å². The quantitative estimate of drug-likeness (QED) is 0.838. The van der Waals surface area contributed by atoms with Crippen LogP contribution in [0.1, 0.15) is 40.4 Å². The molecule has 3 atom stereocenters. The second kappa shape index (κ2) is 6.56. The number of halogens is 3. The van der Waals surface area contributed by atoms with Crippen molar-refractivity contribution in [2.24, 2.45) is 0 Å². The first-order valence-electron chi connectivity index (χ1n) is 8.86. The van der Waals surface area contributed by atoms with Gasteiger partial charge in [0.15, 0.2) is 0 Å². The molecule has 142 valence electrons. The number of fused-ring (bicyclic) bond motifs is 3. The minimum absolute atomic E-state index is 0.0532. The monoisotopic (exact) mass is 376 g/mol. The van der Waals surface area contributed by atoms with Gasteiger partial charge in [-0.3, -0.25) is 4.79 Å². The molecule has 1 saturated heterocycles. The van der Waals surface area contributed by atoms with E-state index in [0.29, 0.717) is 30.6 Å². The normalized spacial score (nSPS) is 25.0. The zero-order valence-corrected chi connectivity index (χ0v) is 14.4. The number of carbonyl (C=O) groups excluding carboxylic acids is 1. The lowest BCUT2D eigenvalue weighted by molar-refractivity contribution is -0.137. The Hall–Kier alpha value is -2.54. The van der Waals surface area contributed by atoms with Gasteiger partial charge in [0.2, 0.25) is 0 Å². The van der Waals surface area contributed by atoms with E-state index in [9.17, 15) is 23.1 Å². The number of aliphatic hydroxyl groups is 1. The number of anilines is 1. The van der Waals surface area contributed by atoms with E-state index in [1.54, 1.807) is 17.0 Å². The highest BCUT2D eigenvalue weighted by atomic mass is 19.4. The number of nitrogens with zero attached hydrogens (tertiary/aromatic N) is 1. The fourth-order valence-corrected chi connectivity index (χ4v) is 3.98. The summed E-state index contributed by atoms with van der Waals surface area (Å²) in [7, 11) is 0. The highest BCUT2D eigenvalue weighted by Gasteiger charge is 2.41. The van der Waals surface area contributed by atoms with Gasteiger partial charge >= 0.3 is 6.18 Å². The number of rotatable bonds is 2. The highest BCUT2D eigenvalue weighted by molar-refractivity contribution is 5.99. The summed E-state index contributed by atoms with van der Waals surface area (Å²) in [5.41, 5.74) is 1.14. The van der Waals surface area contributed by atoms with E-state index in [1.165, 1.54) is 6.07 Å². The number of carbonyl (C=O) groups is 1. The van der Waals surface area contributed by atoms with Crippen LogP contribution in [0.5, 0.6) is 0 Å². The van der Waals surface area contributed by atoms with E-state index in [1.807, 2.05) is 18.2 Å². The van der Waals surface area contributed by atoms with Crippen LogP contribution in [-0.4, -0.2) is 34.6 Å². The van der Waals surface area contributed by atoms with Gasteiger partial charge in [-0.1, -0.05) is 24.3 Å². The molecule has 2 N–H and O–H groups in total. The molecule has 0 radical (unpaired) electrons. The third-order valence-corrected chi connectivity index (χ3v) is 5.34. The van der Waals surface area contributed by atoms with Crippen LogP contribution in [0.3, 0.4) is 0 Å². The molecular formula is C20H19F3N2O2. The van der Waals surface area contributed by atoms with Crippen LogP contribution >= 0.6 is 0 Å². The molecule has 2 aliphatic rings. The van der Waals surface area contributed by atoms with Gasteiger partial charge < -0.3 is 15.3 Å². The van der Waals surface area contributed by atoms with Crippen molar-refractivity contribution in [2.45, 2.75) is 37.2 Å². The van der Waals surface area contributed by atoms with Crippen molar-refractivity contribution in [1.29, 1.82) is 0 Å². The van der Waals surface area contributed by atoms with Crippen molar-refractivity contribution in [3.05, 3.63) is 65.2 Å². The van der Waals surface area contributed by atoms with E-state index < -0.39 is 23.9 Å². The maximum Gasteiger partial charge on any atom is 0.416 e. The third kappa shape index (κ3) is 3.27. The van der Waals surface area contributed by atoms with Gasteiger partial charge in [-0.05, 0) is 42.7 Å². The van der Waals surface area contributed by atoms with Crippen molar-refractivity contribution in [3.8, 4) is 0 Å². The van der Waals surface area contributed by atoms with Gasteiger partial charge in [0, 0.05) is 17.8 Å². The number of alkyl halides is 3. The Labute approximate surface area is 154 Å². The average Bonchev–Trinajstić information content (AvgIpc) is 2.79. The molecule has 0 bridgehead atoms. The Balaban J connectivity index is 1.60. The molecule has 0 aliphatic carbocycles. The maximum atomic E-state index is 13.0. The lowest BCUT2D eigenvalue weighted by Crippen LogP contribution is -2.34. The summed E-state index contributed by atoms with van der Waals surface area (Å²) >= 11 is 0. The van der Waals surface area contributed by atoms with E-state index >= 15 is 0 Å². The smallest absolute Gasteiger partial charge is 0.391 e. The fraction of sp³-hybridized carbons (Fsp3) is 0.350. The number of amides is 1. The first-order valence-corrected chi connectivity index (χ1v) is 8.86. The highest BCUT2D eigenvalue weighted by Crippen LogP contribution is 2.40. The van der Waals surface area contributed by atoms with Crippen LogP contribution in [-0.2, 0) is 6.18 Å². The standard InChI is InChI=1S/C20H19F3N2O2/c21-20(22,23)12-4-3-5-13(10-12)24-16-11-17-14-6-1-2-7-15(14)19(27)25(17)9-8-18(16)26/h1-7,10,16-18,24,26H,8-9,11H2/t16-,17-,18-/m0/s1. The summed E-state index contributed by atoms with van der Waals surface area (Å²) in [6.07, 6.45) is -4.38. The topological polar surface area (TPSA) is 52.6 Å². The summed E-state index contributed by atoms with van der Waals surface area (Å²) in [6.45, 7) is 0.417. The number of aliphatic hydroxyl groups excluding tert-OH is 1. The summed E-state index contributed by atoms with van der Waals surface area (Å²) in [4.78, 5) is 14.4. The van der Waals surface area contributed by atoms with Gasteiger partial charge in [-0.15, -0.1) is 0 Å². The zero-order chi connectivity index (χ0) is 19.2. The van der Waals surface area contributed by atoms with Gasteiger partial charge in [-0.25, -0.2) is 0 Å². The lowest BCUT2D eigenvalue weighted by Gasteiger charge is -2.26. The molecule has 4 rings (SSSR count). The molecule has 2 aromatic rings. The second-order valence-corrected chi connectivity index (χ2v) is 7.02. The van der Waals surface area contributed by atoms with Crippen LogP contribution < -0.4 is 5.32 Å². The molecule has 2 heterocycles. The number of nitrogens with one attached hydrogen (secondary N) is 1. The molecule has 1 fully saturated rings. The molecule has 2 aliphatic heterocycles. The lowest BCUT2D eigenvalue weighted by atomic mass is 9.96. The maximum absolute atomic E-state index is 13.0. The number of hydrogen-bond acceptors (Lipinski definition) is 3. The average molecular weight is 376 g/mol. The molecule has 0 aromatic heterocycles. The molecule has 4 nitrogen and oxygen atoms in total. The van der Waals surface area contributed by atoms with Crippen molar-refractivity contribution >= 4 is 11.6 Å². The van der Waals surface area contributed by atoms with Crippen LogP contribution in [0, 0.1) is 0 Å². The molecule has 7 heteroatoms. The predicted octanol–water partition coefficient (Wildman–Crippen LogP) is 3.84. The third-order valence-electron chi connectivity index (χ3n) is 5.34. The van der Waals surface area contributed by atoms with Gasteiger partial charge in [0.05, 0.1) is 23.8 Å². The van der Waals surface area contributed by atoms with Crippen molar-refractivity contribution in [2.75, 3.05) is 11.9 Å². The van der Waals surface area contributed by atoms with Crippen LogP contribution in [0.15, 0.2) is 48.5 Å². The minimum atomic E-state index is -4.42. The van der Waals surface area contributed by atoms with Gasteiger partial charge in [0.25, 0.3) is 5.91 Å². The first-order chi connectivity index (χ1) is 12.8. The van der Waals surface area contributed by atoms with Gasteiger partial charge in [0.1, 0.15) is 0 Å². The van der Waals surface area contributed by atoms with E-state index in [4.69, 9.17) is 0 Å². The Kier molecular flexibility index (Phi) is 4.34. The Morgan fingerprint density at radius 1 is 1.11 bits per heavy atom. The number of hydrogen-bond donors (Lipinski definition) is 2. The second-order valence-electron chi connectivity index (χ2n) is 7.02. The minimum Gasteiger partial charge on any atom is -0.391 e. The van der Waals surface area contributed by atoms with Crippen molar-refractivity contribution in [3.63, 3.8) is 0 Å². The molecule has 0 unspecified atom stereocenters. The van der Waals surface area contributed by atoms with Gasteiger partial charge in [-0.2, -0.15) is 13.2 Å². The molecule has 27 heavy (non-hydrogen) atoms. The fourth-order valence-electron chi connectivity index (χ4n) is 3.98. The van der Waals surface area contributed by atoms with Crippen molar-refractivity contribution in [1.82, 2.24) is 4.90 Å². The summed E-state index contributed by atoms with van der Waals surface area (Å²) in [5.74, 6) is -0.0532.